The van der Waals surface area contributed by atoms with E-state index in [-0.39, 0.29) is 11.8 Å². The summed E-state index contributed by atoms with van der Waals surface area (Å²) in [7, 11) is 0. The lowest BCUT2D eigenvalue weighted by Gasteiger charge is -2.37. The van der Waals surface area contributed by atoms with Crippen LogP contribution in [0.25, 0.3) is 0 Å². The van der Waals surface area contributed by atoms with E-state index >= 15 is 0 Å². The van der Waals surface area contributed by atoms with Crippen LogP contribution in [0.15, 0.2) is 12.1 Å². The number of carbonyl (C=O) groups excluding carboxylic acids is 1. The topological polar surface area (TPSA) is 106 Å². The van der Waals surface area contributed by atoms with Gasteiger partial charge in [0.25, 0.3) is 5.91 Å². The average molecular weight is 391 g/mol. The molecule has 1 aromatic rings. The van der Waals surface area contributed by atoms with E-state index in [0.29, 0.717) is 55.2 Å². The van der Waals surface area contributed by atoms with Gasteiger partial charge in [0, 0.05) is 43.9 Å². The molecule has 0 aliphatic carbocycles. The number of hydrogen-bond acceptors (Lipinski definition) is 7. The molecule has 2 saturated heterocycles. The van der Waals surface area contributed by atoms with Gasteiger partial charge in [-0.2, -0.15) is 0 Å². The fraction of sp³-hybridized carbons (Fsp3) is 0.650. The standard InChI is InChI=1S/C20H29N3O5/c21-14-8-16(19-18(9-14)27-6-7-28-19)20(25)22-10-13-3-4-23(12-17(13)24)11-15-2-1-5-26-15/h8-9,13,15,17,24H,1-7,10-12,21H2,(H,22,25)/t13-,15?,17?/m0/s1. The molecule has 3 aliphatic heterocycles. The second-order valence-corrected chi connectivity index (χ2v) is 7.81. The smallest absolute Gasteiger partial charge is 0.255 e. The minimum absolute atomic E-state index is 0.0266. The van der Waals surface area contributed by atoms with Gasteiger partial charge in [0.1, 0.15) is 13.2 Å². The molecule has 4 rings (SSSR count). The first-order valence-corrected chi connectivity index (χ1v) is 10.1. The van der Waals surface area contributed by atoms with E-state index in [0.717, 1.165) is 39.0 Å². The number of hydrogen-bond donors (Lipinski definition) is 3. The van der Waals surface area contributed by atoms with Crippen molar-refractivity contribution in [1.29, 1.82) is 0 Å². The molecule has 28 heavy (non-hydrogen) atoms. The highest BCUT2D eigenvalue weighted by molar-refractivity contribution is 5.99. The zero-order chi connectivity index (χ0) is 19.5. The number of amides is 1. The largest absolute Gasteiger partial charge is 0.486 e. The molecule has 1 amide bonds. The molecule has 0 aromatic heterocycles. The number of carbonyl (C=O) groups is 1. The van der Waals surface area contributed by atoms with Crippen LogP contribution in [0.1, 0.15) is 29.6 Å². The van der Waals surface area contributed by atoms with Gasteiger partial charge >= 0.3 is 0 Å². The molecular formula is C20H29N3O5. The minimum Gasteiger partial charge on any atom is -0.486 e. The van der Waals surface area contributed by atoms with Gasteiger partial charge in [-0.1, -0.05) is 0 Å². The number of nitrogen functional groups attached to an aromatic ring is 1. The predicted molar refractivity (Wildman–Crippen MR) is 104 cm³/mol. The molecule has 154 valence electrons. The van der Waals surface area contributed by atoms with E-state index in [9.17, 15) is 9.90 Å². The summed E-state index contributed by atoms with van der Waals surface area (Å²) in [5, 5.41) is 13.5. The summed E-state index contributed by atoms with van der Waals surface area (Å²) in [5.74, 6) is 0.700. The molecule has 0 saturated carbocycles. The number of nitrogens with two attached hydrogens (primary N) is 1. The van der Waals surface area contributed by atoms with Crippen molar-refractivity contribution in [2.75, 3.05) is 51.7 Å². The Morgan fingerprint density at radius 2 is 2.11 bits per heavy atom. The van der Waals surface area contributed by atoms with E-state index < -0.39 is 6.10 Å². The summed E-state index contributed by atoms with van der Waals surface area (Å²) in [4.78, 5) is 15.0. The molecule has 3 aliphatic rings. The fourth-order valence-electron chi connectivity index (χ4n) is 4.19. The van der Waals surface area contributed by atoms with E-state index in [2.05, 4.69) is 10.2 Å². The lowest BCUT2D eigenvalue weighted by Crippen LogP contribution is -2.49. The van der Waals surface area contributed by atoms with Crippen molar-refractivity contribution < 1.29 is 24.1 Å². The monoisotopic (exact) mass is 391 g/mol. The highest BCUT2D eigenvalue weighted by atomic mass is 16.6. The van der Waals surface area contributed by atoms with Crippen LogP contribution in [0.3, 0.4) is 0 Å². The molecule has 1 aromatic carbocycles. The van der Waals surface area contributed by atoms with Gasteiger partial charge in [0.15, 0.2) is 11.5 Å². The van der Waals surface area contributed by atoms with Crippen molar-refractivity contribution in [3.05, 3.63) is 17.7 Å². The Labute approximate surface area is 164 Å². The van der Waals surface area contributed by atoms with Gasteiger partial charge in [-0.15, -0.1) is 0 Å². The number of rotatable bonds is 5. The molecule has 3 heterocycles. The van der Waals surface area contributed by atoms with Crippen LogP contribution >= 0.6 is 0 Å². The van der Waals surface area contributed by atoms with Crippen LogP contribution in [0.5, 0.6) is 11.5 Å². The summed E-state index contributed by atoms with van der Waals surface area (Å²) >= 11 is 0. The molecule has 2 unspecified atom stereocenters. The summed E-state index contributed by atoms with van der Waals surface area (Å²) in [6.45, 7) is 4.50. The van der Waals surface area contributed by atoms with Crippen molar-refractivity contribution in [2.24, 2.45) is 5.92 Å². The third-order valence-corrected chi connectivity index (χ3v) is 5.73. The first-order valence-electron chi connectivity index (χ1n) is 10.1. The van der Waals surface area contributed by atoms with Gasteiger partial charge in [-0.25, -0.2) is 0 Å². The van der Waals surface area contributed by atoms with Crippen LogP contribution in [-0.4, -0.2) is 74.1 Å². The number of aliphatic hydroxyl groups excluding tert-OH is 1. The number of β-amino-alcohol motifs (C(OH)–C–C–N with tert-alkyl or cyclic N) is 1. The number of nitrogens with one attached hydrogen (secondary N) is 1. The van der Waals surface area contributed by atoms with Crippen LogP contribution in [0.2, 0.25) is 0 Å². The number of benzene rings is 1. The second-order valence-electron chi connectivity index (χ2n) is 7.81. The first kappa shape index (κ1) is 19.3. The highest BCUT2D eigenvalue weighted by Gasteiger charge is 2.30. The van der Waals surface area contributed by atoms with E-state index in [1.54, 1.807) is 12.1 Å². The minimum atomic E-state index is -0.468. The predicted octanol–water partition coefficient (Wildman–Crippen LogP) is 0.632. The Morgan fingerprint density at radius 1 is 1.25 bits per heavy atom. The quantitative estimate of drug-likeness (QED) is 0.632. The molecular weight excluding hydrogens is 362 g/mol. The SMILES string of the molecule is Nc1cc2c(c(C(=O)NC[C@@H]3CCN(CC4CCCO4)CC3O)c1)OCCO2. The Kier molecular flexibility index (Phi) is 5.89. The van der Waals surface area contributed by atoms with Crippen LogP contribution in [-0.2, 0) is 4.74 Å². The molecule has 2 fully saturated rings. The summed E-state index contributed by atoms with van der Waals surface area (Å²) in [5.41, 5.74) is 6.72. The van der Waals surface area contributed by atoms with Gasteiger partial charge in [-0.3, -0.25) is 9.69 Å². The molecule has 0 bridgehead atoms. The maximum absolute atomic E-state index is 12.7. The van der Waals surface area contributed by atoms with Gasteiger partial charge in [0.05, 0.1) is 17.8 Å². The number of piperidine rings is 1. The molecule has 0 radical (unpaired) electrons. The van der Waals surface area contributed by atoms with Crippen LogP contribution in [0, 0.1) is 5.92 Å². The Hall–Kier alpha value is -2.03. The number of nitrogens with zero attached hydrogens (tertiary/aromatic N) is 1. The van der Waals surface area contributed by atoms with E-state index in [4.69, 9.17) is 19.9 Å². The number of fused-ring (bicyclic) bond motifs is 1. The van der Waals surface area contributed by atoms with Crippen molar-refractivity contribution in [2.45, 2.75) is 31.5 Å². The number of ether oxygens (including phenoxy) is 3. The van der Waals surface area contributed by atoms with Crippen molar-refractivity contribution >= 4 is 11.6 Å². The normalized spacial score (nSPS) is 27.5. The Bertz CT molecular complexity index is 707. The zero-order valence-corrected chi connectivity index (χ0v) is 16.1. The number of aliphatic hydroxyl groups is 1. The number of likely N-dealkylation sites (tertiary alicyclic amines) is 1. The third kappa shape index (κ3) is 4.34. The molecule has 8 heteroatoms. The van der Waals surface area contributed by atoms with Crippen molar-refractivity contribution in [3.8, 4) is 11.5 Å². The van der Waals surface area contributed by atoms with E-state index in [1.165, 1.54) is 0 Å². The summed E-state index contributed by atoms with van der Waals surface area (Å²) in [6.07, 6.45) is 2.88. The van der Waals surface area contributed by atoms with Gasteiger partial charge in [0.2, 0.25) is 0 Å². The van der Waals surface area contributed by atoms with Gasteiger partial charge in [-0.05, 0) is 31.9 Å². The van der Waals surface area contributed by atoms with Crippen molar-refractivity contribution in [3.63, 3.8) is 0 Å². The Morgan fingerprint density at radius 3 is 2.89 bits per heavy atom. The lowest BCUT2D eigenvalue weighted by molar-refractivity contribution is -0.00192. The van der Waals surface area contributed by atoms with Crippen molar-refractivity contribution in [1.82, 2.24) is 10.2 Å². The molecule has 3 atom stereocenters. The summed E-state index contributed by atoms with van der Waals surface area (Å²) < 4.78 is 16.8. The van der Waals surface area contributed by atoms with E-state index in [1.807, 2.05) is 0 Å². The molecule has 8 nitrogen and oxygen atoms in total. The van der Waals surface area contributed by atoms with Gasteiger partial charge < -0.3 is 30.4 Å². The first-order chi connectivity index (χ1) is 13.6. The lowest BCUT2D eigenvalue weighted by atomic mass is 9.93. The maximum atomic E-state index is 12.7. The average Bonchev–Trinajstić information content (AvgIpc) is 3.19. The molecule has 4 N–H and O–H groups in total. The van der Waals surface area contributed by atoms with Crippen LogP contribution in [0.4, 0.5) is 5.69 Å². The van der Waals surface area contributed by atoms with Crippen LogP contribution < -0.4 is 20.5 Å². The maximum Gasteiger partial charge on any atom is 0.255 e. The highest BCUT2D eigenvalue weighted by Crippen LogP contribution is 2.36. The fourth-order valence-corrected chi connectivity index (χ4v) is 4.19. The summed E-state index contributed by atoms with van der Waals surface area (Å²) in [6, 6.07) is 3.27. The second kappa shape index (κ2) is 8.55. The third-order valence-electron chi connectivity index (χ3n) is 5.73. The number of anilines is 1. The zero-order valence-electron chi connectivity index (χ0n) is 16.1. The molecule has 0 spiro atoms. The Balaban J connectivity index is 1.31.